The van der Waals surface area contributed by atoms with Crippen molar-refractivity contribution in [1.82, 2.24) is 0 Å². The molecular formula is C13H17NO2. The summed E-state index contributed by atoms with van der Waals surface area (Å²) in [6.07, 6.45) is 1.56. The zero-order valence-corrected chi connectivity index (χ0v) is 9.91. The number of allylic oxidation sites excluding steroid dienone is 2. The number of rotatable bonds is 5. The van der Waals surface area contributed by atoms with Crippen molar-refractivity contribution in [3.8, 4) is 5.75 Å². The first-order valence-corrected chi connectivity index (χ1v) is 5.31. The highest BCUT2D eigenvalue weighted by atomic mass is 16.5. The molecule has 1 rings (SSSR count). The summed E-state index contributed by atoms with van der Waals surface area (Å²) in [4.78, 5) is 10.9. The van der Waals surface area contributed by atoms with Gasteiger partial charge in [0.2, 0.25) is 0 Å². The van der Waals surface area contributed by atoms with Crippen molar-refractivity contribution >= 4 is 11.5 Å². The number of carbonyl (C=O) groups is 1. The summed E-state index contributed by atoms with van der Waals surface area (Å²) >= 11 is 0. The van der Waals surface area contributed by atoms with Crippen LogP contribution in [0.3, 0.4) is 0 Å². The van der Waals surface area contributed by atoms with Gasteiger partial charge in [0, 0.05) is 5.70 Å². The molecule has 0 fully saturated rings. The molecule has 0 amide bonds. The van der Waals surface area contributed by atoms with E-state index in [0.717, 1.165) is 17.1 Å². The fourth-order valence-corrected chi connectivity index (χ4v) is 1.40. The normalized spacial score (nSPS) is 11.1. The quantitative estimate of drug-likeness (QED) is 0.774. The molecular weight excluding hydrogens is 202 g/mol. The summed E-state index contributed by atoms with van der Waals surface area (Å²) in [5.41, 5.74) is 1.68. The topological polar surface area (TPSA) is 38.3 Å². The molecule has 1 N–H and O–H groups in total. The first-order chi connectivity index (χ1) is 7.63. The van der Waals surface area contributed by atoms with Crippen LogP contribution in [0, 0.1) is 0 Å². The summed E-state index contributed by atoms with van der Waals surface area (Å²) in [7, 11) is 0. The van der Waals surface area contributed by atoms with E-state index in [1.54, 1.807) is 6.08 Å². The fraction of sp³-hybridized carbons (Fsp3) is 0.308. The average Bonchev–Trinajstić information content (AvgIpc) is 2.20. The van der Waals surface area contributed by atoms with Gasteiger partial charge in [-0.1, -0.05) is 12.1 Å². The lowest BCUT2D eigenvalue weighted by molar-refractivity contribution is -0.112. The van der Waals surface area contributed by atoms with Gasteiger partial charge in [0.1, 0.15) is 5.75 Å². The van der Waals surface area contributed by atoms with E-state index in [9.17, 15) is 4.79 Å². The van der Waals surface area contributed by atoms with Crippen LogP contribution in [0.25, 0.3) is 0 Å². The molecule has 0 saturated heterocycles. The number of nitrogens with one attached hydrogen (secondary N) is 1. The smallest absolute Gasteiger partial charge is 0.154 e. The van der Waals surface area contributed by atoms with E-state index in [1.807, 2.05) is 38.1 Å². The lowest BCUT2D eigenvalue weighted by Crippen LogP contribution is -2.01. The first-order valence-electron chi connectivity index (χ1n) is 5.31. The van der Waals surface area contributed by atoms with Crippen molar-refractivity contribution in [2.45, 2.75) is 20.8 Å². The minimum absolute atomic E-state index is 0.0268. The molecule has 0 saturated carbocycles. The summed E-state index contributed by atoms with van der Waals surface area (Å²) in [5.74, 6) is 0.820. The van der Waals surface area contributed by atoms with Crippen LogP contribution in [-0.2, 0) is 4.79 Å². The zero-order valence-electron chi connectivity index (χ0n) is 9.91. The molecule has 0 unspecified atom stereocenters. The third-order valence-corrected chi connectivity index (χ3v) is 1.94. The van der Waals surface area contributed by atoms with Crippen molar-refractivity contribution < 1.29 is 9.53 Å². The van der Waals surface area contributed by atoms with Crippen LogP contribution in [0.4, 0.5) is 5.69 Å². The molecule has 0 bridgehead atoms. The molecule has 3 heteroatoms. The number of ether oxygens (including phenoxy) is 1. The van der Waals surface area contributed by atoms with E-state index in [2.05, 4.69) is 5.32 Å². The highest BCUT2D eigenvalue weighted by molar-refractivity contribution is 5.88. The summed E-state index contributed by atoms with van der Waals surface area (Å²) in [6.45, 7) is 5.94. The van der Waals surface area contributed by atoms with Crippen LogP contribution in [0.1, 0.15) is 20.8 Å². The van der Waals surface area contributed by atoms with Crippen molar-refractivity contribution in [1.29, 1.82) is 0 Å². The Morgan fingerprint density at radius 2 is 2.06 bits per heavy atom. The average molecular weight is 219 g/mol. The van der Waals surface area contributed by atoms with E-state index < -0.39 is 0 Å². The third kappa shape index (κ3) is 3.77. The lowest BCUT2D eigenvalue weighted by atomic mass is 10.2. The molecule has 3 nitrogen and oxygen atoms in total. The maximum absolute atomic E-state index is 10.9. The van der Waals surface area contributed by atoms with E-state index in [0.29, 0.717) is 6.61 Å². The summed E-state index contributed by atoms with van der Waals surface area (Å²) in [6, 6.07) is 7.65. The molecule has 0 heterocycles. The Kier molecular flexibility index (Phi) is 4.58. The van der Waals surface area contributed by atoms with Gasteiger partial charge in [-0.15, -0.1) is 0 Å². The molecule has 1 aromatic rings. The Morgan fingerprint density at radius 1 is 1.38 bits per heavy atom. The highest BCUT2D eigenvalue weighted by Gasteiger charge is 2.02. The number of ketones is 1. The minimum atomic E-state index is 0.0268. The van der Waals surface area contributed by atoms with Gasteiger partial charge in [0.15, 0.2) is 5.78 Å². The summed E-state index contributed by atoms with van der Waals surface area (Å²) in [5, 5.41) is 3.14. The van der Waals surface area contributed by atoms with Crippen LogP contribution in [-0.4, -0.2) is 12.4 Å². The molecule has 0 atom stereocenters. The monoisotopic (exact) mass is 219 g/mol. The minimum Gasteiger partial charge on any atom is -0.492 e. The van der Waals surface area contributed by atoms with E-state index in [1.165, 1.54) is 6.92 Å². The molecule has 0 aliphatic rings. The van der Waals surface area contributed by atoms with Crippen LogP contribution in [0.15, 0.2) is 36.0 Å². The van der Waals surface area contributed by atoms with Gasteiger partial charge >= 0.3 is 0 Å². The van der Waals surface area contributed by atoms with Gasteiger partial charge < -0.3 is 10.1 Å². The Balaban J connectivity index is 2.83. The second kappa shape index (κ2) is 5.95. The number of benzene rings is 1. The van der Waals surface area contributed by atoms with Crippen molar-refractivity contribution in [2.75, 3.05) is 11.9 Å². The van der Waals surface area contributed by atoms with Crippen molar-refractivity contribution in [2.24, 2.45) is 0 Å². The molecule has 1 aromatic carbocycles. The molecule has 0 aliphatic carbocycles. The predicted octanol–water partition coefficient (Wildman–Crippen LogP) is 2.99. The highest BCUT2D eigenvalue weighted by Crippen LogP contribution is 2.24. The Bertz CT molecular complexity index is 397. The Morgan fingerprint density at radius 3 is 2.69 bits per heavy atom. The van der Waals surface area contributed by atoms with Crippen LogP contribution < -0.4 is 10.1 Å². The van der Waals surface area contributed by atoms with Gasteiger partial charge in [-0.05, 0) is 39.0 Å². The van der Waals surface area contributed by atoms with Crippen molar-refractivity contribution in [3.05, 3.63) is 36.0 Å². The van der Waals surface area contributed by atoms with Gasteiger partial charge in [-0.2, -0.15) is 0 Å². The molecule has 0 aromatic heterocycles. The SMILES string of the molecule is CCOc1ccccc1NC(C)=CC(C)=O. The number of hydrogen-bond donors (Lipinski definition) is 1. The largest absolute Gasteiger partial charge is 0.492 e. The van der Waals surface area contributed by atoms with E-state index in [4.69, 9.17) is 4.74 Å². The molecule has 0 aliphatic heterocycles. The van der Waals surface area contributed by atoms with Gasteiger partial charge in [-0.3, -0.25) is 4.79 Å². The molecule has 16 heavy (non-hydrogen) atoms. The number of anilines is 1. The van der Waals surface area contributed by atoms with E-state index in [-0.39, 0.29) is 5.78 Å². The lowest BCUT2D eigenvalue weighted by Gasteiger charge is -2.12. The van der Waals surface area contributed by atoms with Crippen LogP contribution in [0.2, 0.25) is 0 Å². The summed E-state index contributed by atoms with van der Waals surface area (Å²) < 4.78 is 5.47. The van der Waals surface area contributed by atoms with Crippen LogP contribution in [0.5, 0.6) is 5.75 Å². The van der Waals surface area contributed by atoms with Gasteiger partial charge in [-0.25, -0.2) is 0 Å². The predicted molar refractivity (Wildman–Crippen MR) is 65.7 cm³/mol. The second-order valence-corrected chi connectivity index (χ2v) is 3.49. The maximum Gasteiger partial charge on any atom is 0.154 e. The number of para-hydroxylation sites is 2. The molecule has 0 radical (unpaired) electrons. The maximum atomic E-state index is 10.9. The van der Waals surface area contributed by atoms with Gasteiger partial charge in [0.05, 0.1) is 12.3 Å². The molecule has 0 spiro atoms. The number of carbonyl (C=O) groups excluding carboxylic acids is 1. The third-order valence-electron chi connectivity index (χ3n) is 1.94. The van der Waals surface area contributed by atoms with Crippen LogP contribution >= 0.6 is 0 Å². The number of hydrogen-bond acceptors (Lipinski definition) is 3. The fourth-order valence-electron chi connectivity index (χ4n) is 1.40. The van der Waals surface area contributed by atoms with Crippen molar-refractivity contribution in [3.63, 3.8) is 0 Å². The molecule has 86 valence electrons. The Labute approximate surface area is 96.1 Å². The second-order valence-electron chi connectivity index (χ2n) is 3.49. The van der Waals surface area contributed by atoms with E-state index >= 15 is 0 Å². The standard InChI is InChI=1S/C13H17NO2/c1-4-16-13-8-6-5-7-12(13)14-10(2)9-11(3)15/h5-9,14H,4H2,1-3H3. The van der Waals surface area contributed by atoms with Gasteiger partial charge in [0.25, 0.3) is 0 Å². The Hall–Kier alpha value is -1.77. The first kappa shape index (κ1) is 12.3. The zero-order chi connectivity index (χ0) is 12.0.